The monoisotopic (exact) mass is 360 g/mol. The van der Waals surface area contributed by atoms with Crippen molar-refractivity contribution in [2.75, 3.05) is 16.8 Å². The number of pyridine rings is 1. The Morgan fingerprint density at radius 3 is 2.70 bits per heavy atom. The summed E-state index contributed by atoms with van der Waals surface area (Å²) >= 11 is 0. The van der Waals surface area contributed by atoms with Gasteiger partial charge in [0.05, 0.1) is 5.69 Å². The fourth-order valence-corrected chi connectivity index (χ4v) is 3.99. The molecule has 4 heteroatoms. The molecule has 2 aromatic carbocycles. The van der Waals surface area contributed by atoms with Gasteiger partial charge in [0.2, 0.25) is 0 Å². The van der Waals surface area contributed by atoms with Crippen LogP contribution in [0.15, 0.2) is 46.9 Å². The smallest absolute Gasteiger partial charge is 0.156 e. The first-order chi connectivity index (χ1) is 14.2. The first kappa shape index (κ1) is 13.2. The van der Waals surface area contributed by atoms with E-state index in [0.29, 0.717) is 16.9 Å². The van der Waals surface area contributed by atoms with Crippen molar-refractivity contribution in [2.45, 2.75) is 33.9 Å². The molecule has 0 aliphatic carbocycles. The van der Waals surface area contributed by atoms with E-state index >= 15 is 0 Å². The fraction of sp³-hybridized carbons (Fsp3) is 0.261. The van der Waals surface area contributed by atoms with E-state index in [0.717, 1.165) is 39.0 Å². The molecule has 136 valence electrons. The van der Waals surface area contributed by atoms with Gasteiger partial charge in [0.25, 0.3) is 0 Å². The molecule has 1 atom stereocenters. The predicted molar refractivity (Wildman–Crippen MR) is 112 cm³/mol. The molecule has 1 aliphatic heterocycles. The lowest BCUT2D eigenvalue weighted by Crippen LogP contribution is -2.36. The summed E-state index contributed by atoms with van der Waals surface area (Å²) in [6.45, 7) is 5.65. The Bertz CT molecular complexity index is 1310. The largest absolute Gasteiger partial charge is 0.454 e. The van der Waals surface area contributed by atoms with Crippen LogP contribution in [0.3, 0.4) is 0 Å². The minimum atomic E-state index is -2.32. The summed E-state index contributed by atoms with van der Waals surface area (Å²) in [5.74, 6) is 0.458. The number of aryl methyl sites for hydroxylation is 3. The van der Waals surface area contributed by atoms with Crippen LogP contribution in [0.5, 0.6) is 0 Å². The Morgan fingerprint density at radius 1 is 1.04 bits per heavy atom. The van der Waals surface area contributed by atoms with Gasteiger partial charge in [0, 0.05) is 28.2 Å². The van der Waals surface area contributed by atoms with Gasteiger partial charge in [0.1, 0.15) is 17.3 Å². The van der Waals surface area contributed by atoms with Crippen LogP contribution >= 0.6 is 0 Å². The van der Waals surface area contributed by atoms with E-state index in [1.54, 1.807) is 0 Å². The molecule has 3 heterocycles. The highest BCUT2D eigenvalue weighted by atomic mass is 16.3. The van der Waals surface area contributed by atoms with Gasteiger partial charge in [-0.15, -0.1) is 0 Å². The van der Waals surface area contributed by atoms with Gasteiger partial charge >= 0.3 is 0 Å². The van der Waals surface area contributed by atoms with E-state index in [1.807, 2.05) is 52.0 Å². The van der Waals surface area contributed by atoms with Gasteiger partial charge in [0.15, 0.2) is 11.4 Å². The van der Waals surface area contributed by atoms with Crippen molar-refractivity contribution in [1.82, 2.24) is 4.98 Å². The minimum Gasteiger partial charge on any atom is -0.454 e. The van der Waals surface area contributed by atoms with Crippen molar-refractivity contribution in [3.63, 3.8) is 0 Å². The van der Waals surface area contributed by atoms with Gasteiger partial charge in [-0.25, -0.2) is 4.98 Å². The van der Waals surface area contributed by atoms with E-state index in [1.165, 1.54) is 4.90 Å². The molecule has 0 radical (unpaired) electrons. The van der Waals surface area contributed by atoms with Crippen LogP contribution in [0.1, 0.15) is 27.7 Å². The zero-order valence-corrected chi connectivity index (χ0v) is 15.9. The molecule has 0 spiro atoms. The van der Waals surface area contributed by atoms with Crippen molar-refractivity contribution >= 4 is 39.3 Å². The Kier molecular flexibility index (Phi) is 2.69. The van der Waals surface area contributed by atoms with Crippen LogP contribution in [-0.2, 0) is 0 Å². The van der Waals surface area contributed by atoms with E-state index in [-0.39, 0.29) is 0 Å². The Balaban J connectivity index is 1.83. The van der Waals surface area contributed by atoms with Crippen LogP contribution < -0.4 is 9.80 Å². The second-order valence-electron chi connectivity index (χ2n) is 7.39. The predicted octanol–water partition coefficient (Wildman–Crippen LogP) is 5.84. The summed E-state index contributed by atoms with van der Waals surface area (Å²) in [7, 11) is 0. The second kappa shape index (κ2) is 5.49. The average molecular weight is 360 g/mol. The van der Waals surface area contributed by atoms with Crippen molar-refractivity contribution in [2.24, 2.45) is 0 Å². The molecule has 27 heavy (non-hydrogen) atoms. The topological polar surface area (TPSA) is 32.5 Å². The van der Waals surface area contributed by atoms with Crippen molar-refractivity contribution < 1.29 is 8.53 Å². The first-order valence-corrected chi connectivity index (χ1v) is 9.15. The number of fused-ring (bicyclic) bond motifs is 4. The lowest BCUT2D eigenvalue weighted by Gasteiger charge is -2.28. The zero-order valence-electron chi connectivity index (χ0n) is 18.9. The number of para-hydroxylation sites is 1. The van der Waals surface area contributed by atoms with E-state index in [2.05, 4.69) is 23.1 Å². The second-order valence-corrected chi connectivity index (χ2v) is 7.39. The van der Waals surface area contributed by atoms with Crippen LogP contribution in [0.25, 0.3) is 22.1 Å². The van der Waals surface area contributed by atoms with Crippen molar-refractivity contribution in [3.8, 4) is 0 Å². The minimum absolute atomic E-state index is 0.417. The molecule has 1 aliphatic rings. The summed E-state index contributed by atoms with van der Waals surface area (Å²) in [5.41, 5.74) is 7.08. The maximum atomic E-state index is 8.18. The maximum absolute atomic E-state index is 8.18. The van der Waals surface area contributed by atoms with E-state index < -0.39 is 13.1 Å². The molecular weight excluding hydrogens is 334 g/mol. The van der Waals surface area contributed by atoms with E-state index in [9.17, 15) is 0 Å². The third-order valence-corrected chi connectivity index (χ3v) is 5.49. The number of hydrogen-bond donors (Lipinski definition) is 0. The van der Waals surface area contributed by atoms with Gasteiger partial charge in [-0.2, -0.15) is 0 Å². The van der Waals surface area contributed by atoms with Crippen LogP contribution in [0.2, 0.25) is 0 Å². The lowest BCUT2D eigenvalue weighted by molar-refractivity contribution is 0.665. The fourth-order valence-electron chi connectivity index (χ4n) is 3.99. The SMILES string of the molecule is [2H]C([2H])([2H])N1c2nc3c(cc2N(c2cc(C)ccc2C)[C@H]1C)oc1c(C)cccc13. The number of hydrogen-bond acceptors (Lipinski definition) is 4. The standard InChI is InChI=1S/C23H23N3O/c1-13-9-10-14(2)18(11-13)26-16(4)25(5)23-19(26)12-20-21(24-23)17-8-6-7-15(3)22(17)27-20/h6-12,16H,1-5H3/t16-/m0/s1/i5D3. The molecule has 0 N–H and O–H groups in total. The van der Waals surface area contributed by atoms with Crippen LogP contribution in [0, 0.1) is 20.8 Å². The molecule has 4 aromatic rings. The van der Waals surface area contributed by atoms with Gasteiger partial charge in [-0.3, -0.25) is 0 Å². The molecular formula is C23H23N3O. The third-order valence-electron chi connectivity index (χ3n) is 5.49. The molecule has 0 amide bonds. The average Bonchev–Trinajstić information content (AvgIpc) is 3.16. The number of nitrogens with zero attached hydrogens (tertiary/aromatic N) is 3. The molecule has 2 aromatic heterocycles. The summed E-state index contributed by atoms with van der Waals surface area (Å²) in [6, 6.07) is 14.1. The quantitative estimate of drug-likeness (QED) is 0.427. The summed E-state index contributed by atoms with van der Waals surface area (Å²) in [5, 5.41) is 0.899. The van der Waals surface area contributed by atoms with Crippen molar-refractivity contribution in [1.29, 1.82) is 0 Å². The molecule has 5 rings (SSSR count). The summed E-state index contributed by atoms with van der Waals surface area (Å²) in [4.78, 5) is 8.32. The zero-order chi connectivity index (χ0) is 21.4. The summed E-state index contributed by atoms with van der Waals surface area (Å²) < 4.78 is 30.7. The normalized spacial score (nSPS) is 18.7. The Morgan fingerprint density at radius 2 is 1.89 bits per heavy atom. The molecule has 0 saturated carbocycles. The molecule has 0 saturated heterocycles. The van der Waals surface area contributed by atoms with Gasteiger partial charge < -0.3 is 14.2 Å². The maximum Gasteiger partial charge on any atom is 0.156 e. The molecule has 0 bridgehead atoms. The van der Waals surface area contributed by atoms with Gasteiger partial charge in [-0.1, -0.05) is 24.3 Å². The highest BCUT2D eigenvalue weighted by Crippen LogP contribution is 2.46. The number of aromatic nitrogens is 1. The Labute approximate surface area is 163 Å². The van der Waals surface area contributed by atoms with Gasteiger partial charge in [-0.05, 0) is 56.5 Å². The number of anilines is 3. The lowest BCUT2D eigenvalue weighted by atomic mass is 10.1. The Hall–Kier alpha value is -3.01. The summed E-state index contributed by atoms with van der Waals surface area (Å²) in [6.07, 6.45) is -0.417. The van der Waals surface area contributed by atoms with E-state index in [4.69, 9.17) is 13.5 Å². The van der Waals surface area contributed by atoms with Crippen molar-refractivity contribution in [3.05, 3.63) is 59.2 Å². The highest BCUT2D eigenvalue weighted by Gasteiger charge is 2.34. The third kappa shape index (κ3) is 2.19. The van der Waals surface area contributed by atoms with Crippen LogP contribution in [0.4, 0.5) is 17.2 Å². The number of benzene rings is 2. The number of furan rings is 1. The first-order valence-electron chi connectivity index (χ1n) is 10.7. The van der Waals surface area contributed by atoms with Crippen LogP contribution in [-0.4, -0.2) is 18.1 Å². The molecule has 4 nitrogen and oxygen atoms in total. The molecule has 0 fully saturated rings. The highest BCUT2D eigenvalue weighted by molar-refractivity contribution is 6.06. The number of rotatable bonds is 1. The molecule has 0 unspecified atom stereocenters.